The maximum absolute atomic E-state index is 12.2. The van der Waals surface area contributed by atoms with Crippen LogP contribution in [0, 0.1) is 11.8 Å². The van der Waals surface area contributed by atoms with Crippen molar-refractivity contribution in [3.63, 3.8) is 0 Å². The normalized spacial score (nSPS) is 12.8. The monoisotopic (exact) mass is 695 g/mol. The maximum Gasteiger partial charge on any atom is 0.306 e. The van der Waals surface area contributed by atoms with Gasteiger partial charge in [0.1, 0.15) is 6.61 Å². The Morgan fingerprint density at radius 1 is 0.469 bits per heavy atom. The summed E-state index contributed by atoms with van der Waals surface area (Å²) in [5.41, 5.74) is 0. The quantitative estimate of drug-likeness (QED) is 0.0512. The molecule has 1 unspecified atom stereocenters. The molecule has 0 heterocycles. The molecule has 49 heavy (non-hydrogen) atoms. The van der Waals surface area contributed by atoms with Crippen LogP contribution in [-0.4, -0.2) is 36.4 Å². The van der Waals surface area contributed by atoms with E-state index in [1.165, 1.54) is 167 Å². The number of unbranched alkanes of at least 4 members (excludes halogenated alkanes) is 26. The number of hydrogen-bond donors (Lipinski definition) is 1. The van der Waals surface area contributed by atoms with Gasteiger partial charge < -0.3 is 14.6 Å². The number of hydrogen-bond acceptors (Lipinski definition) is 5. The van der Waals surface area contributed by atoms with Gasteiger partial charge in [-0.15, -0.1) is 0 Å². The molecule has 0 fully saturated rings. The molecule has 0 amide bonds. The third-order valence-electron chi connectivity index (χ3n) is 10.4. The molecule has 0 saturated carbocycles. The molecule has 0 spiro atoms. The number of esters is 2. The van der Waals surface area contributed by atoms with Crippen LogP contribution in [-0.2, 0) is 19.1 Å². The Labute approximate surface area is 306 Å². The Kier molecular flexibility index (Phi) is 37.3. The van der Waals surface area contributed by atoms with E-state index in [2.05, 4.69) is 27.7 Å². The van der Waals surface area contributed by atoms with Gasteiger partial charge in [0.25, 0.3) is 0 Å². The van der Waals surface area contributed by atoms with Crippen molar-refractivity contribution in [1.82, 2.24) is 0 Å². The van der Waals surface area contributed by atoms with Crippen molar-refractivity contribution in [2.24, 2.45) is 11.8 Å². The highest BCUT2D eigenvalue weighted by Gasteiger charge is 2.16. The van der Waals surface area contributed by atoms with Gasteiger partial charge in [0.2, 0.25) is 0 Å². The van der Waals surface area contributed by atoms with Crippen LogP contribution in [0.4, 0.5) is 0 Å². The predicted octanol–water partition coefficient (Wildman–Crippen LogP) is 13.6. The van der Waals surface area contributed by atoms with Gasteiger partial charge in [-0.3, -0.25) is 9.59 Å². The molecule has 0 saturated heterocycles. The fourth-order valence-electron chi connectivity index (χ4n) is 6.66. The van der Waals surface area contributed by atoms with Crippen molar-refractivity contribution in [3.8, 4) is 0 Å². The van der Waals surface area contributed by atoms with Crippen molar-refractivity contribution in [1.29, 1.82) is 0 Å². The number of rotatable bonds is 39. The molecule has 0 aliphatic rings. The van der Waals surface area contributed by atoms with Crippen LogP contribution < -0.4 is 0 Å². The highest BCUT2D eigenvalue weighted by Crippen LogP contribution is 2.17. The summed E-state index contributed by atoms with van der Waals surface area (Å²) in [4.78, 5) is 24.3. The molecule has 0 aromatic carbocycles. The third kappa shape index (κ3) is 38.0. The number of aliphatic hydroxyl groups excluding tert-OH is 1. The van der Waals surface area contributed by atoms with Crippen LogP contribution in [0.1, 0.15) is 240 Å². The summed E-state index contributed by atoms with van der Waals surface area (Å²) in [5.74, 6) is 1.17. The van der Waals surface area contributed by atoms with Crippen molar-refractivity contribution >= 4 is 11.9 Å². The average Bonchev–Trinajstić information content (AvgIpc) is 3.09. The summed E-state index contributed by atoms with van der Waals surface area (Å²) in [6.45, 7) is 8.91. The minimum absolute atomic E-state index is 0.0582. The second kappa shape index (κ2) is 38.1. The number of ether oxygens (including phenoxy) is 2. The van der Waals surface area contributed by atoms with Gasteiger partial charge in [-0.1, -0.05) is 214 Å². The summed E-state index contributed by atoms with van der Waals surface area (Å²) in [6, 6.07) is 0. The molecule has 0 aliphatic heterocycles. The summed E-state index contributed by atoms with van der Waals surface area (Å²) < 4.78 is 10.6. The highest BCUT2D eigenvalue weighted by atomic mass is 16.6. The van der Waals surface area contributed by atoms with E-state index >= 15 is 0 Å². The molecule has 0 radical (unpaired) electrons. The first kappa shape index (κ1) is 47.9. The summed E-state index contributed by atoms with van der Waals surface area (Å²) in [5, 5.41) is 9.57. The Balaban J connectivity index is 3.46. The zero-order valence-corrected chi connectivity index (χ0v) is 33.6. The van der Waals surface area contributed by atoms with E-state index in [-0.39, 0.29) is 25.2 Å². The van der Waals surface area contributed by atoms with Crippen molar-refractivity contribution < 1.29 is 24.2 Å². The van der Waals surface area contributed by atoms with E-state index in [1.54, 1.807) is 0 Å². The van der Waals surface area contributed by atoms with Gasteiger partial charge in [-0.2, -0.15) is 0 Å². The first-order valence-electron chi connectivity index (χ1n) is 21.8. The predicted molar refractivity (Wildman–Crippen MR) is 210 cm³/mol. The second-order valence-electron chi connectivity index (χ2n) is 15.9. The number of aliphatic hydroxyl groups is 1. The molecule has 0 bridgehead atoms. The van der Waals surface area contributed by atoms with Crippen LogP contribution in [0.15, 0.2) is 0 Å². The second-order valence-corrected chi connectivity index (χ2v) is 15.9. The van der Waals surface area contributed by atoms with Crippen LogP contribution >= 0.6 is 0 Å². The molecule has 5 nitrogen and oxygen atoms in total. The minimum Gasteiger partial charge on any atom is -0.462 e. The van der Waals surface area contributed by atoms with Gasteiger partial charge >= 0.3 is 11.9 Å². The van der Waals surface area contributed by atoms with Gasteiger partial charge in [0.15, 0.2) is 6.10 Å². The zero-order chi connectivity index (χ0) is 36.0. The molecule has 1 N–H and O–H groups in total. The van der Waals surface area contributed by atoms with Gasteiger partial charge in [-0.25, -0.2) is 0 Å². The molecule has 0 aliphatic carbocycles. The van der Waals surface area contributed by atoms with Crippen molar-refractivity contribution in [2.45, 2.75) is 246 Å². The zero-order valence-electron chi connectivity index (χ0n) is 33.6. The van der Waals surface area contributed by atoms with Crippen LogP contribution in [0.3, 0.4) is 0 Å². The highest BCUT2D eigenvalue weighted by molar-refractivity contribution is 5.70. The molecule has 2 atom stereocenters. The molecule has 5 heteroatoms. The summed E-state index contributed by atoms with van der Waals surface area (Å²) in [7, 11) is 0. The summed E-state index contributed by atoms with van der Waals surface area (Å²) in [6.07, 6.45) is 40.2. The first-order valence-corrected chi connectivity index (χ1v) is 21.8. The smallest absolute Gasteiger partial charge is 0.306 e. The third-order valence-corrected chi connectivity index (χ3v) is 10.4. The molecule has 292 valence electrons. The average molecular weight is 695 g/mol. The molecular weight excluding hydrogens is 608 g/mol. The molecule has 0 aromatic heterocycles. The van der Waals surface area contributed by atoms with E-state index in [4.69, 9.17) is 9.47 Å². The van der Waals surface area contributed by atoms with Crippen molar-refractivity contribution in [2.75, 3.05) is 13.2 Å². The fraction of sp³-hybridized carbons (Fsp3) is 0.955. The van der Waals surface area contributed by atoms with Crippen LogP contribution in [0.5, 0.6) is 0 Å². The van der Waals surface area contributed by atoms with Gasteiger partial charge in [-0.05, 0) is 24.7 Å². The lowest BCUT2D eigenvalue weighted by Gasteiger charge is -2.15. The fourth-order valence-corrected chi connectivity index (χ4v) is 6.66. The van der Waals surface area contributed by atoms with E-state index in [9.17, 15) is 14.7 Å². The van der Waals surface area contributed by atoms with Gasteiger partial charge in [0.05, 0.1) is 6.61 Å². The summed E-state index contributed by atoms with van der Waals surface area (Å²) >= 11 is 0. The lowest BCUT2D eigenvalue weighted by atomic mass is 9.99. The minimum atomic E-state index is -0.763. The Morgan fingerprint density at radius 2 is 0.796 bits per heavy atom. The standard InChI is InChI=1S/C44H86O5/c1-5-41(4)35-31-27-23-19-16-17-21-25-29-33-37-44(47)49-42(38-45)39-48-43(46)36-32-28-24-20-15-13-11-9-7-6-8-10-12-14-18-22-26-30-34-40(2)3/h40-42,45H,5-39H2,1-4H3/t41?,42-/m0/s1. The van der Waals surface area contributed by atoms with Crippen LogP contribution in [0.25, 0.3) is 0 Å². The molecule has 0 aromatic rings. The maximum atomic E-state index is 12.2. The molecular formula is C44H86O5. The Hall–Kier alpha value is -1.10. The topological polar surface area (TPSA) is 72.8 Å². The van der Waals surface area contributed by atoms with E-state index < -0.39 is 6.10 Å². The first-order chi connectivity index (χ1) is 23.9. The van der Waals surface area contributed by atoms with E-state index in [1.807, 2.05) is 0 Å². The van der Waals surface area contributed by atoms with Crippen LogP contribution in [0.2, 0.25) is 0 Å². The van der Waals surface area contributed by atoms with Crippen molar-refractivity contribution in [3.05, 3.63) is 0 Å². The number of carbonyl (C=O) groups excluding carboxylic acids is 2. The number of carbonyl (C=O) groups is 2. The Bertz CT molecular complexity index is 693. The Morgan fingerprint density at radius 3 is 1.14 bits per heavy atom. The van der Waals surface area contributed by atoms with Gasteiger partial charge in [0, 0.05) is 12.8 Å². The lowest BCUT2D eigenvalue weighted by Crippen LogP contribution is -2.28. The lowest BCUT2D eigenvalue weighted by molar-refractivity contribution is -0.161. The van der Waals surface area contributed by atoms with E-state index in [0.29, 0.717) is 12.8 Å². The molecule has 0 rings (SSSR count). The SMILES string of the molecule is CCC(C)CCCCCCCCCCCCC(=O)O[C@@H](CO)COC(=O)CCCCCCCCCCCCCCCCCCCCC(C)C. The van der Waals surface area contributed by atoms with E-state index in [0.717, 1.165) is 43.9 Å². The largest absolute Gasteiger partial charge is 0.462 e.